The van der Waals surface area contributed by atoms with Gasteiger partial charge in [-0.3, -0.25) is 14.6 Å². The van der Waals surface area contributed by atoms with Crippen LogP contribution in [-0.4, -0.2) is 72.9 Å². The molecule has 2 aromatic rings. The Morgan fingerprint density at radius 2 is 1.95 bits per heavy atom. The molecule has 39 heavy (non-hydrogen) atoms. The van der Waals surface area contributed by atoms with E-state index in [0.717, 1.165) is 32.6 Å². The molecule has 2 fully saturated rings. The summed E-state index contributed by atoms with van der Waals surface area (Å²) in [6.07, 6.45) is -4.58. The van der Waals surface area contributed by atoms with Gasteiger partial charge in [0, 0.05) is 48.4 Å². The van der Waals surface area contributed by atoms with Gasteiger partial charge in [0.2, 0.25) is 5.82 Å². The van der Waals surface area contributed by atoms with E-state index in [1.54, 1.807) is 11.9 Å². The lowest BCUT2D eigenvalue weighted by molar-refractivity contribution is -0.272. The largest absolute Gasteiger partial charge is 0.493 e. The maximum Gasteiger partial charge on any atom is 0.417 e. The van der Waals surface area contributed by atoms with E-state index < -0.39 is 53.0 Å². The maximum atomic E-state index is 14.5. The molecule has 0 bridgehead atoms. The van der Waals surface area contributed by atoms with Gasteiger partial charge in [-0.1, -0.05) is 13.0 Å². The number of ether oxygens (including phenoxy) is 2. The second-order valence-electron chi connectivity index (χ2n) is 9.89. The highest BCUT2D eigenvalue weighted by molar-refractivity contribution is 5.98. The number of aromatic nitrogens is 1. The fourth-order valence-electron chi connectivity index (χ4n) is 5.22. The molecule has 212 valence electrons. The third-order valence-electron chi connectivity index (χ3n) is 7.70. The predicted molar refractivity (Wildman–Crippen MR) is 130 cm³/mol. The number of nitrogens with zero attached hydrogens (tertiary/aromatic N) is 2. The molecule has 2 N–H and O–H groups in total. The zero-order valence-electron chi connectivity index (χ0n) is 21.7. The number of alkyl halides is 3. The first-order valence-electron chi connectivity index (χ1n) is 12.3. The Morgan fingerprint density at radius 3 is 2.56 bits per heavy atom. The van der Waals surface area contributed by atoms with Crippen LogP contribution in [0.3, 0.4) is 0 Å². The summed E-state index contributed by atoms with van der Waals surface area (Å²) in [6, 6.07) is 4.69. The normalized spacial score (nSPS) is 27.1. The van der Waals surface area contributed by atoms with Crippen molar-refractivity contribution in [2.24, 2.45) is 5.92 Å². The quantitative estimate of drug-likeness (QED) is 0.525. The fraction of sp³-hybridized carbons (Fsp3) is 0.500. The molecular weight excluding hydrogens is 527 g/mol. The Balaban J connectivity index is 1.65. The van der Waals surface area contributed by atoms with E-state index in [1.165, 1.54) is 25.3 Å². The number of likely N-dealkylation sites (tertiary alicyclic amines) is 1. The summed E-state index contributed by atoms with van der Waals surface area (Å²) in [6.45, 7) is 3.03. The van der Waals surface area contributed by atoms with E-state index in [9.17, 15) is 31.5 Å². The van der Waals surface area contributed by atoms with Crippen LogP contribution in [0, 0.1) is 17.6 Å². The lowest BCUT2D eigenvalue weighted by Gasteiger charge is -2.32. The van der Waals surface area contributed by atoms with E-state index >= 15 is 0 Å². The SMILES string of the molecule is CN[C@H]1CCN(C(=O)c2cc(NC(=O)[C@@H]3O[C@@](C)(C(F)(F)F)[C@@H](C)[C@H]3c3ccc(F)c(F)c3OC)ccn2)C1. The molecule has 13 heteroatoms. The van der Waals surface area contributed by atoms with Gasteiger partial charge in [-0.2, -0.15) is 17.6 Å². The Bertz CT molecular complexity index is 1260. The van der Waals surface area contributed by atoms with Gasteiger partial charge in [-0.05, 0) is 38.6 Å². The molecule has 5 atom stereocenters. The van der Waals surface area contributed by atoms with Gasteiger partial charge in [0.05, 0.1) is 7.11 Å². The van der Waals surface area contributed by atoms with Crippen molar-refractivity contribution in [3.63, 3.8) is 0 Å². The van der Waals surface area contributed by atoms with Gasteiger partial charge in [-0.25, -0.2) is 4.39 Å². The minimum atomic E-state index is -4.89. The Kier molecular flexibility index (Phi) is 7.86. The summed E-state index contributed by atoms with van der Waals surface area (Å²) in [4.78, 5) is 32.0. The topological polar surface area (TPSA) is 92.8 Å². The molecule has 0 spiro atoms. The van der Waals surface area contributed by atoms with Gasteiger partial charge in [0.25, 0.3) is 11.8 Å². The van der Waals surface area contributed by atoms with Crippen LogP contribution in [0.25, 0.3) is 0 Å². The summed E-state index contributed by atoms with van der Waals surface area (Å²) in [5.41, 5.74) is -2.77. The zero-order chi connectivity index (χ0) is 28.7. The molecule has 2 aliphatic rings. The number of benzene rings is 1. The van der Waals surface area contributed by atoms with Crippen LogP contribution in [0.15, 0.2) is 30.5 Å². The minimum Gasteiger partial charge on any atom is -0.493 e. The lowest BCUT2D eigenvalue weighted by Crippen LogP contribution is -2.47. The lowest BCUT2D eigenvalue weighted by atomic mass is 9.77. The molecule has 2 saturated heterocycles. The van der Waals surface area contributed by atoms with Crippen molar-refractivity contribution in [1.82, 2.24) is 15.2 Å². The number of pyridine rings is 1. The molecule has 0 unspecified atom stereocenters. The number of amides is 2. The third-order valence-corrected chi connectivity index (χ3v) is 7.70. The zero-order valence-corrected chi connectivity index (χ0v) is 21.7. The second-order valence-corrected chi connectivity index (χ2v) is 9.89. The maximum absolute atomic E-state index is 14.5. The van der Waals surface area contributed by atoms with Crippen molar-refractivity contribution < 1.29 is 41.0 Å². The van der Waals surface area contributed by atoms with Crippen LogP contribution in [0.4, 0.5) is 27.6 Å². The van der Waals surface area contributed by atoms with Gasteiger partial charge in [-0.15, -0.1) is 0 Å². The molecular formula is C26H29F5N4O4. The van der Waals surface area contributed by atoms with Gasteiger partial charge in [0.1, 0.15) is 11.8 Å². The van der Waals surface area contributed by atoms with Crippen molar-refractivity contribution in [3.05, 3.63) is 53.4 Å². The number of halogens is 5. The highest BCUT2D eigenvalue weighted by Gasteiger charge is 2.66. The standard InChI is InChI=1S/C26H29F5N4O4/c1-13-19(16-5-6-17(27)20(28)21(16)38-4)22(39-25(13,2)26(29,30)31)23(36)34-14-7-9-33-18(11-14)24(37)35-10-8-15(12-35)32-3/h5-7,9,11,13,15,19,22,32H,8,10,12H2,1-4H3,(H,33,34,36)/t13-,15-,19-,22+,25+/m0/s1. The average Bonchev–Trinajstić information content (AvgIpc) is 3.48. The molecule has 1 aromatic carbocycles. The minimum absolute atomic E-state index is 0.0456. The van der Waals surface area contributed by atoms with Crippen molar-refractivity contribution >= 4 is 17.5 Å². The fourth-order valence-corrected chi connectivity index (χ4v) is 5.22. The molecule has 8 nitrogen and oxygen atoms in total. The summed E-state index contributed by atoms with van der Waals surface area (Å²) >= 11 is 0. The Morgan fingerprint density at radius 1 is 1.23 bits per heavy atom. The number of hydrogen-bond acceptors (Lipinski definition) is 6. The van der Waals surface area contributed by atoms with Crippen molar-refractivity contribution in [1.29, 1.82) is 0 Å². The number of anilines is 1. The van der Waals surface area contributed by atoms with Gasteiger partial charge in [0.15, 0.2) is 17.2 Å². The number of rotatable bonds is 6. The Hall–Kier alpha value is -3.32. The summed E-state index contributed by atoms with van der Waals surface area (Å²) in [5, 5.41) is 5.60. The second kappa shape index (κ2) is 10.7. The first-order valence-corrected chi connectivity index (χ1v) is 12.3. The smallest absolute Gasteiger partial charge is 0.417 e. The van der Waals surface area contributed by atoms with Crippen LogP contribution < -0.4 is 15.4 Å². The molecule has 2 amide bonds. The van der Waals surface area contributed by atoms with E-state index in [2.05, 4.69) is 15.6 Å². The van der Waals surface area contributed by atoms with Gasteiger partial charge < -0.3 is 25.0 Å². The summed E-state index contributed by atoms with van der Waals surface area (Å²) in [7, 11) is 2.85. The molecule has 0 saturated carbocycles. The average molecular weight is 557 g/mol. The summed E-state index contributed by atoms with van der Waals surface area (Å²) in [5.74, 6) is -7.32. The van der Waals surface area contributed by atoms with Crippen molar-refractivity contribution in [2.75, 3.05) is 32.6 Å². The first kappa shape index (κ1) is 28.7. The monoisotopic (exact) mass is 556 g/mol. The molecule has 3 heterocycles. The predicted octanol–water partition coefficient (Wildman–Crippen LogP) is 3.88. The van der Waals surface area contributed by atoms with E-state index in [1.807, 2.05) is 0 Å². The van der Waals surface area contributed by atoms with Gasteiger partial charge >= 0.3 is 6.18 Å². The number of carbonyl (C=O) groups excluding carboxylic acids is 2. The molecule has 2 aliphatic heterocycles. The Labute approximate surface area is 221 Å². The number of carbonyl (C=O) groups is 2. The molecule has 4 rings (SSSR count). The molecule has 0 radical (unpaired) electrons. The van der Waals surface area contributed by atoms with Crippen molar-refractivity contribution in [3.8, 4) is 5.75 Å². The number of nitrogens with one attached hydrogen (secondary N) is 2. The van der Waals surface area contributed by atoms with Crippen LogP contribution in [0.5, 0.6) is 5.75 Å². The van der Waals surface area contributed by atoms with Crippen LogP contribution in [0.2, 0.25) is 0 Å². The van der Waals surface area contributed by atoms with Crippen LogP contribution in [-0.2, 0) is 9.53 Å². The number of likely N-dealkylation sites (N-methyl/N-ethyl adjacent to an activating group) is 1. The van der Waals surface area contributed by atoms with E-state index in [0.29, 0.717) is 13.1 Å². The van der Waals surface area contributed by atoms with Crippen LogP contribution >= 0.6 is 0 Å². The summed E-state index contributed by atoms with van der Waals surface area (Å²) < 4.78 is 81.2. The highest BCUT2D eigenvalue weighted by Crippen LogP contribution is 2.55. The molecule has 1 aromatic heterocycles. The highest BCUT2D eigenvalue weighted by atomic mass is 19.4. The van der Waals surface area contributed by atoms with Crippen molar-refractivity contribution in [2.45, 2.75) is 50.1 Å². The van der Waals surface area contributed by atoms with E-state index in [4.69, 9.17) is 9.47 Å². The number of methoxy groups -OCH3 is 1. The third kappa shape index (κ3) is 5.17. The number of hydrogen-bond donors (Lipinski definition) is 2. The van der Waals surface area contributed by atoms with Crippen LogP contribution in [0.1, 0.15) is 42.2 Å². The first-order chi connectivity index (χ1) is 18.3. The van der Waals surface area contributed by atoms with E-state index in [-0.39, 0.29) is 28.9 Å². The molecule has 0 aliphatic carbocycles.